The Kier molecular flexibility index (Phi) is 5.62. The number of hydrogen-bond donors (Lipinski definition) is 0. The van der Waals surface area contributed by atoms with E-state index in [1.54, 1.807) is 11.9 Å². The Labute approximate surface area is 104 Å². The van der Waals surface area contributed by atoms with Gasteiger partial charge in [0, 0.05) is 13.6 Å². The molecule has 1 rings (SSSR count). The average Bonchev–Trinajstić information content (AvgIpc) is 2.27. The largest absolute Gasteiger partial charge is 0.345 e. The fraction of sp³-hybridized carbons (Fsp3) is 0.846. The van der Waals surface area contributed by atoms with Gasteiger partial charge in [0.15, 0.2) is 0 Å². The Bertz CT molecular complexity index is 271. The van der Waals surface area contributed by atoms with Gasteiger partial charge in [-0.1, -0.05) is 0 Å². The number of carbonyl (C=O) groups is 2. The highest BCUT2D eigenvalue weighted by atomic mass is 16.2. The van der Waals surface area contributed by atoms with Crippen LogP contribution in [0.25, 0.3) is 0 Å². The highest BCUT2D eigenvalue weighted by Gasteiger charge is 2.18. The molecule has 1 saturated heterocycles. The monoisotopic (exact) mass is 240 g/mol. The van der Waals surface area contributed by atoms with E-state index >= 15 is 0 Å². The van der Waals surface area contributed by atoms with Crippen LogP contribution in [0.5, 0.6) is 0 Å². The fourth-order valence-corrected chi connectivity index (χ4v) is 2.20. The van der Waals surface area contributed by atoms with Crippen molar-refractivity contribution in [2.24, 2.45) is 5.92 Å². The minimum atomic E-state index is -0.0545. The summed E-state index contributed by atoms with van der Waals surface area (Å²) in [5.41, 5.74) is 0. The van der Waals surface area contributed by atoms with Gasteiger partial charge in [-0.2, -0.15) is 0 Å². The van der Waals surface area contributed by atoms with Crippen LogP contribution in [0.4, 0.5) is 0 Å². The SMILES string of the molecule is CC(=O)CC(=O)N(C)CCC1CCN(C)CC1. The van der Waals surface area contributed by atoms with Gasteiger partial charge in [-0.15, -0.1) is 0 Å². The third kappa shape index (κ3) is 5.31. The molecular weight excluding hydrogens is 216 g/mol. The lowest BCUT2D eigenvalue weighted by molar-refractivity contribution is -0.133. The zero-order chi connectivity index (χ0) is 12.8. The highest BCUT2D eigenvalue weighted by Crippen LogP contribution is 2.19. The molecule has 1 amide bonds. The van der Waals surface area contributed by atoms with Gasteiger partial charge >= 0.3 is 0 Å². The maximum atomic E-state index is 11.6. The molecule has 0 spiro atoms. The predicted molar refractivity (Wildman–Crippen MR) is 67.8 cm³/mol. The molecule has 4 nitrogen and oxygen atoms in total. The summed E-state index contributed by atoms with van der Waals surface area (Å²) in [7, 11) is 3.94. The number of rotatable bonds is 5. The molecule has 0 aromatic rings. The first-order valence-corrected chi connectivity index (χ1v) is 6.41. The van der Waals surface area contributed by atoms with Gasteiger partial charge in [0.1, 0.15) is 5.78 Å². The van der Waals surface area contributed by atoms with Gasteiger partial charge < -0.3 is 9.80 Å². The number of Topliss-reactive ketones (excluding diaryl/α,β-unsaturated/α-hetero) is 1. The predicted octanol–water partition coefficient (Wildman–Crippen LogP) is 1.16. The third-order valence-corrected chi connectivity index (χ3v) is 3.54. The summed E-state index contributed by atoms with van der Waals surface area (Å²) in [5.74, 6) is 0.630. The first-order valence-electron chi connectivity index (χ1n) is 6.41. The van der Waals surface area contributed by atoms with Crippen molar-refractivity contribution < 1.29 is 9.59 Å². The molecule has 4 heteroatoms. The Morgan fingerprint density at radius 1 is 1.29 bits per heavy atom. The smallest absolute Gasteiger partial charge is 0.229 e. The normalized spacial score (nSPS) is 18.1. The molecule has 0 bridgehead atoms. The summed E-state index contributed by atoms with van der Waals surface area (Å²) in [5, 5.41) is 0. The molecule has 0 N–H and O–H groups in total. The number of nitrogens with zero attached hydrogens (tertiary/aromatic N) is 2. The minimum Gasteiger partial charge on any atom is -0.345 e. The van der Waals surface area contributed by atoms with E-state index in [-0.39, 0.29) is 18.1 Å². The standard InChI is InChI=1S/C13H24N2O2/c1-11(16)10-13(17)15(3)9-6-12-4-7-14(2)8-5-12/h12H,4-10H2,1-3H3. The van der Waals surface area contributed by atoms with Gasteiger partial charge in [0.05, 0.1) is 6.42 Å². The number of amides is 1. The lowest BCUT2D eigenvalue weighted by Gasteiger charge is -2.30. The zero-order valence-corrected chi connectivity index (χ0v) is 11.2. The first-order chi connectivity index (χ1) is 7.99. The summed E-state index contributed by atoms with van der Waals surface area (Å²) in [6.45, 7) is 4.56. The number of piperidine rings is 1. The van der Waals surface area contributed by atoms with Crippen LogP contribution in [0.2, 0.25) is 0 Å². The lowest BCUT2D eigenvalue weighted by atomic mass is 9.93. The Hall–Kier alpha value is -0.900. The molecule has 1 fully saturated rings. The van der Waals surface area contributed by atoms with Crippen LogP contribution in [-0.4, -0.2) is 55.2 Å². The second kappa shape index (κ2) is 6.74. The Balaban J connectivity index is 2.21. The summed E-state index contributed by atoms with van der Waals surface area (Å²) in [6.07, 6.45) is 3.56. The summed E-state index contributed by atoms with van der Waals surface area (Å²) < 4.78 is 0. The molecule has 0 aromatic heterocycles. The van der Waals surface area contributed by atoms with Crippen LogP contribution in [0.3, 0.4) is 0 Å². The van der Waals surface area contributed by atoms with Crippen molar-refractivity contribution in [1.29, 1.82) is 0 Å². The van der Waals surface area contributed by atoms with E-state index in [0.717, 1.165) is 32.0 Å². The van der Waals surface area contributed by atoms with Gasteiger partial charge in [0.25, 0.3) is 0 Å². The van der Waals surface area contributed by atoms with E-state index in [2.05, 4.69) is 11.9 Å². The van der Waals surface area contributed by atoms with Gasteiger partial charge in [-0.25, -0.2) is 0 Å². The number of ketones is 1. The quantitative estimate of drug-likeness (QED) is 0.677. The van der Waals surface area contributed by atoms with E-state index in [1.807, 2.05) is 0 Å². The number of hydrogen-bond acceptors (Lipinski definition) is 3. The van der Waals surface area contributed by atoms with Crippen LogP contribution in [-0.2, 0) is 9.59 Å². The maximum absolute atomic E-state index is 11.6. The van der Waals surface area contributed by atoms with Crippen molar-refractivity contribution in [3.63, 3.8) is 0 Å². The zero-order valence-electron chi connectivity index (χ0n) is 11.2. The maximum Gasteiger partial charge on any atom is 0.229 e. The van der Waals surface area contributed by atoms with Crippen LogP contribution >= 0.6 is 0 Å². The molecule has 1 heterocycles. The highest BCUT2D eigenvalue weighted by molar-refractivity contribution is 5.96. The topological polar surface area (TPSA) is 40.6 Å². The molecule has 1 aliphatic heterocycles. The van der Waals surface area contributed by atoms with E-state index in [9.17, 15) is 9.59 Å². The van der Waals surface area contributed by atoms with Crippen molar-refractivity contribution >= 4 is 11.7 Å². The molecule has 0 atom stereocenters. The second-order valence-electron chi connectivity index (χ2n) is 5.23. The van der Waals surface area contributed by atoms with Crippen LogP contribution in [0.1, 0.15) is 32.6 Å². The number of carbonyl (C=O) groups excluding carboxylic acids is 2. The van der Waals surface area contributed by atoms with Crippen molar-refractivity contribution in [3.8, 4) is 0 Å². The van der Waals surface area contributed by atoms with Gasteiger partial charge in [-0.05, 0) is 52.2 Å². The summed E-state index contributed by atoms with van der Waals surface area (Å²) >= 11 is 0. The van der Waals surface area contributed by atoms with Crippen molar-refractivity contribution in [2.75, 3.05) is 33.7 Å². The van der Waals surface area contributed by atoms with Gasteiger partial charge in [0.2, 0.25) is 5.91 Å². The fourth-order valence-electron chi connectivity index (χ4n) is 2.20. The van der Waals surface area contributed by atoms with E-state index < -0.39 is 0 Å². The molecule has 1 aliphatic rings. The average molecular weight is 240 g/mol. The van der Waals surface area contributed by atoms with E-state index in [0.29, 0.717) is 0 Å². The molecule has 0 aliphatic carbocycles. The molecule has 98 valence electrons. The second-order valence-corrected chi connectivity index (χ2v) is 5.23. The Morgan fingerprint density at radius 2 is 1.88 bits per heavy atom. The van der Waals surface area contributed by atoms with E-state index in [4.69, 9.17) is 0 Å². The van der Waals surface area contributed by atoms with Crippen molar-refractivity contribution in [2.45, 2.75) is 32.6 Å². The Morgan fingerprint density at radius 3 is 2.41 bits per heavy atom. The van der Waals surface area contributed by atoms with Crippen LogP contribution in [0, 0.1) is 5.92 Å². The molecule has 17 heavy (non-hydrogen) atoms. The molecule has 0 unspecified atom stereocenters. The summed E-state index contributed by atoms with van der Waals surface area (Å²) in [4.78, 5) is 26.5. The first kappa shape index (κ1) is 14.2. The van der Waals surface area contributed by atoms with Crippen molar-refractivity contribution in [1.82, 2.24) is 9.80 Å². The molecule has 0 radical (unpaired) electrons. The van der Waals surface area contributed by atoms with Crippen LogP contribution in [0.15, 0.2) is 0 Å². The molecular formula is C13H24N2O2. The van der Waals surface area contributed by atoms with Gasteiger partial charge in [-0.3, -0.25) is 9.59 Å². The van der Waals surface area contributed by atoms with Crippen molar-refractivity contribution in [3.05, 3.63) is 0 Å². The lowest BCUT2D eigenvalue weighted by Crippen LogP contribution is -2.34. The molecule has 0 saturated carbocycles. The summed E-state index contributed by atoms with van der Waals surface area (Å²) in [6, 6.07) is 0. The van der Waals surface area contributed by atoms with E-state index in [1.165, 1.54) is 19.8 Å². The minimum absolute atomic E-state index is 0.0455. The van der Waals surface area contributed by atoms with Crippen LogP contribution < -0.4 is 0 Å². The number of likely N-dealkylation sites (tertiary alicyclic amines) is 1. The third-order valence-electron chi connectivity index (χ3n) is 3.54. The molecule has 0 aromatic carbocycles.